The van der Waals surface area contributed by atoms with Gasteiger partial charge in [0, 0.05) is 50.2 Å². The van der Waals surface area contributed by atoms with Gasteiger partial charge in [0.15, 0.2) is 5.82 Å². The molecule has 1 fully saturated rings. The molecule has 0 aliphatic carbocycles. The number of anilines is 1. The monoisotopic (exact) mass is 499 g/mol. The Morgan fingerprint density at radius 1 is 1.24 bits per heavy atom. The predicted molar refractivity (Wildman–Crippen MR) is 129 cm³/mol. The molecule has 1 aromatic heterocycles. The van der Waals surface area contributed by atoms with E-state index in [9.17, 15) is 9.18 Å². The predicted octanol–water partition coefficient (Wildman–Crippen LogP) is 2.84. The van der Waals surface area contributed by atoms with Crippen LogP contribution in [0.2, 0.25) is 0 Å². The first-order valence-electron chi connectivity index (χ1n) is 11.4. The fourth-order valence-electron chi connectivity index (χ4n) is 3.59. The van der Waals surface area contributed by atoms with Crippen LogP contribution in [0.1, 0.15) is 56.2 Å². The van der Waals surface area contributed by atoms with E-state index in [1.165, 1.54) is 12.1 Å². The molecule has 2 N–H and O–H groups in total. The molecule has 1 aliphatic heterocycles. The van der Waals surface area contributed by atoms with Gasteiger partial charge in [0.1, 0.15) is 11.6 Å². The van der Waals surface area contributed by atoms with Gasteiger partial charge >= 0.3 is 6.01 Å². The Morgan fingerprint density at radius 2 is 1.94 bits per heavy atom. The highest BCUT2D eigenvalue weighted by Gasteiger charge is 2.24. The topological polar surface area (TPSA) is 104 Å². The van der Waals surface area contributed by atoms with Gasteiger partial charge in [0.05, 0.1) is 18.8 Å². The fourth-order valence-corrected chi connectivity index (χ4v) is 3.59. The molecule has 2 atom stereocenters. The standard InChI is InChI=1S/C23H34FN5O4.ClH/c1-15(2)21-26-23(33-27-21)29-10-8-28(9-11-29)17(4)7-12-32-18-5-6-19(20(24)13-18)22(31)25-16(3)14-30;/h5-6,13,15-17,30H,7-12,14H2,1-4H3,(H,25,31);1H/t16-,17?;/m1./s1. The first-order chi connectivity index (χ1) is 15.8. The van der Waals surface area contributed by atoms with Crippen molar-refractivity contribution in [3.8, 4) is 5.75 Å². The lowest BCUT2D eigenvalue weighted by atomic mass is 10.1. The van der Waals surface area contributed by atoms with E-state index in [4.69, 9.17) is 14.4 Å². The van der Waals surface area contributed by atoms with Gasteiger partial charge in [0.25, 0.3) is 5.91 Å². The van der Waals surface area contributed by atoms with E-state index < -0.39 is 17.8 Å². The Morgan fingerprint density at radius 3 is 2.53 bits per heavy atom. The minimum atomic E-state index is -0.652. The van der Waals surface area contributed by atoms with Crippen molar-refractivity contribution in [2.45, 2.75) is 52.1 Å². The van der Waals surface area contributed by atoms with E-state index in [0.717, 1.165) is 38.4 Å². The molecule has 0 bridgehead atoms. The van der Waals surface area contributed by atoms with Gasteiger partial charge in [-0.2, -0.15) is 4.98 Å². The maximum absolute atomic E-state index is 14.3. The second-order valence-corrected chi connectivity index (χ2v) is 8.80. The Bertz CT molecular complexity index is 921. The number of aromatic nitrogens is 2. The molecular formula is C23H35ClFN5O4. The molecule has 1 saturated heterocycles. The van der Waals surface area contributed by atoms with Crippen molar-refractivity contribution in [3.05, 3.63) is 35.4 Å². The molecule has 34 heavy (non-hydrogen) atoms. The molecule has 0 radical (unpaired) electrons. The first-order valence-corrected chi connectivity index (χ1v) is 11.4. The third-order valence-corrected chi connectivity index (χ3v) is 5.80. The summed E-state index contributed by atoms with van der Waals surface area (Å²) >= 11 is 0. The zero-order valence-electron chi connectivity index (χ0n) is 20.2. The third kappa shape index (κ3) is 7.28. The second-order valence-electron chi connectivity index (χ2n) is 8.80. The van der Waals surface area contributed by atoms with Crippen LogP contribution in [-0.2, 0) is 0 Å². The number of ether oxygens (including phenoxy) is 1. The Hall–Kier alpha value is -2.43. The molecule has 11 heteroatoms. The van der Waals surface area contributed by atoms with Crippen molar-refractivity contribution in [2.24, 2.45) is 0 Å². The molecule has 2 aromatic rings. The number of halogens is 2. The van der Waals surface area contributed by atoms with E-state index in [0.29, 0.717) is 24.4 Å². The number of rotatable bonds is 10. The molecule has 3 rings (SSSR count). The molecule has 0 spiro atoms. The number of nitrogens with one attached hydrogen (secondary N) is 1. The van der Waals surface area contributed by atoms with Crippen molar-refractivity contribution < 1.29 is 23.6 Å². The summed E-state index contributed by atoms with van der Waals surface area (Å²) in [6.45, 7) is 11.5. The van der Waals surface area contributed by atoms with Crippen LogP contribution in [0.5, 0.6) is 5.75 Å². The summed E-state index contributed by atoms with van der Waals surface area (Å²) in [5.74, 6) is 0.132. The summed E-state index contributed by atoms with van der Waals surface area (Å²) < 4.78 is 25.4. The highest BCUT2D eigenvalue weighted by Crippen LogP contribution is 2.20. The highest BCUT2D eigenvalue weighted by atomic mass is 35.5. The van der Waals surface area contributed by atoms with Crippen LogP contribution >= 0.6 is 12.4 Å². The minimum absolute atomic E-state index is 0. The van der Waals surface area contributed by atoms with E-state index in [-0.39, 0.29) is 30.5 Å². The van der Waals surface area contributed by atoms with Crippen molar-refractivity contribution >= 4 is 24.3 Å². The Balaban J connectivity index is 0.00000408. The molecular weight excluding hydrogens is 465 g/mol. The van der Waals surface area contributed by atoms with Crippen LogP contribution in [0.3, 0.4) is 0 Å². The van der Waals surface area contributed by atoms with E-state index >= 15 is 0 Å². The van der Waals surface area contributed by atoms with Gasteiger partial charge in [-0.1, -0.05) is 19.0 Å². The van der Waals surface area contributed by atoms with Gasteiger partial charge in [-0.05, 0) is 32.4 Å². The summed E-state index contributed by atoms with van der Waals surface area (Å²) in [5, 5.41) is 15.6. The van der Waals surface area contributed by atoms with Crippen molar-refractivity contribution in [1.29, 1.82) is 0 Å². The maximum Gasteiger partial charge on any atom is 0.324 e. The number of carbonyl (C=O) groups excluding carboxylic acids is 1. The van der Waals surface area contributed by atoms with Crippen LogP contribution < -0.4 is 15.0 Å². The molecule has 1 aliphatic rings. The SMILES string of the molecule is CC(C)c1noc(N2CCN(C(C)CCOc3ccc(C(=O)N[C@H](C)CO)c(F)c3)CC2)n1.Cl. The van der Waals surface area contributed by atoms with Crippen LogP contribution in [0.15, 0.2) is 22.7 Å². The van der Waals surface area contributed by atoms with Crippen molar-refractivity contribution in [3.63, 3.8) is 0 Å². The lowest BCUT2D eigenvalue weighted by Gasteiger charge is -2.37. The number of nitrogens with zero attached hydrogens (tertiary/aromatic N) is 4. The minimum Gasteiger partial charge on any atom is -0.493 e. The zero-order valence-corrected chi connectivity index (χ0v) is 21.0. The number of amides is 1. The van der Waals surface area contributed by atoms with Crippen LogP contribution in [0, 0.1) is 5.82 Å². The van der Waals surface area contributed by atoms with Gasteiger partial charge in [-0.3, -0.25) is 9.69 Å². The number of piperazine rings is 1. The van der Waals surface area contributed by atoms with Gasteiger partial charge < -0.3 is 24.6 Å². The summed E-state index contributed by atoms with van der Waals surface area (Å²) in [7, 11) is 0. The normalized spacial score (nSPS) is 16.1. The van der Waals surface area contributed by atoms with E-state index in [2.05, 4.69) is 32.2 Å². The molecule has 2 heterocycles. The number of aliphatic hydroxyl groups is 1. The van der Waals surface area contributed by atoms with Gasteiger partial charge in [-0.25, -0.2) is 4.39 Å². The molecule has 9 nitrogen and oxygen atoms in total. The Kier molecular flexibility index (Phi) is 10.5. The fraction of sp³-hybridized carbons (Fsp3) is 0.609. The van der Waals surface area contributed by atoms with Crippen LogP contribution in [0.4, 0.5) is 10.4 Å². The third-order valence-electron chi connectivity index (χ3n) is 5.80. The average molecular weight is 500 g/mol. The summed E-state index contributed by atoms with van der Waals surface area (Å²) in [6, 6.07) is 4.64. The largest absolute Gasteiger partial charge is 0.493 e. The number of aliphatic hydroxyl groups excluding tert-OH is 1. The van der Waals surface area contributed by atoms with Gasteiger partial charge in [0.2, 0.25) is 0 Å². The summed E-state index contributed by atoms with van der Waals surface area (Å²) in [5.41, 5.74) is -0.0735. The second kappa shape index (κ2) is 12.9. The molecule has 1 amide bonds. The number of carbonyl (C=O) groups is 1. The lowest BCUT2D eigenvalue weighted by Crippen LogP contribution is -2.50. The summed E-state index contributed by atoms with van der Waals surface area (Å²) in [6.07, 6.45) is 0.788. The molecule has 1 unspecified atom stereocenters. The number of hydrogen-bond donors (Lipinski definition) is 2. The quantitative estimate of drug-likeness (QED) is 0.514. The zero-order chi connectivity index (χ0) is 24.0. The van der Waals surface area contributed by atoms with Crippen LogP contribution in [0.25, 0.3) is 0 Å². The van der Waals surface area contributed by atoms with Crippen molar-refractivity contribution in [2.75, 3.05) is 44.3 Å². The van der Waals surface area contributed by atoms with E-state index in [1.807, 2.05) is 13.8 Å². The molecule has 0 saturated carbocycles. The maximum atomic E-state index is 14.3. The summed E-state index contributed by atoms with van der Waals surface area (Å²) in [4.78, 5) is 21.0. The molecule has 190 valence electrons. The number of benzene rings is 1. The number of hydrogen-bond acceptors (Lipinski definition) is 8. The molecule has 1 aromatic carbocycles. The average Bonchev–Trinajstić information content (AvgIpc) is 3.30. The van der Waals surface area contributed by atoms with E-state index in [1.54, 1.807) is 13.0 Å². The highest BCUT2D eigenvalue weighted by molar-refractivity contribution is 5.94. The van der Waals surface area contributed by atoms with Crippen molar-refractivity contribution in [1.82, 2.24) is 20.4 Å². The van der Waals surface area contributed by atoms with Crippen LogP contribution in [-0.4, -0.2) is 77.5 Å². The lowest BCUT2D eigenvalue weighted by molar-refractivity contribution is 0.0918. The Labute approximate surface area is 206 Å². The van der Waals surface area contributed by atoms with Gasteiger partial charge in [-0.15, -0.1) is 12.4 Å². The first kappa shape index (κ1) is 27.8. The smallest absolute Gasteiger partial charge is 0.324 e.